The molecule has 0 radical (unpaired) electrons. The summed E-state index contributed by atoms with van der Waals surface area (Å²) in [6.45, 7) is 29.1. The summed E-state index contributed by atoms with van der Waals surface area (Å²) in [7, 11) is -2.74. The van der Waals surface area contributed by atoms with E-state index in [4.69, 9.17) is 0 Å². The smallest absolute Gasteiger partial charge is 0.149 e. The minimum atomic E-state index is -2.74. The van der Waals surface area contributed by atoms with Gasteiger partial charge in [-0.2, -0.15) is 0 Å². The highest BCUT2D eigenvalue weighted by Crippen LogP contribution is 2.05. The third-order valence-corrected chi connectivity index (χ3v) is 5.12. The van der Waals surface area contributed by atoms with Gasteiger partial charge in [0.05, 0.1) is 5.25 Å². The molecule has 3 nitrogen and oxygen atoms in total. The van der Waals surface area contributed by atoms with Crippen molar-refractivity contribution in [3.8, 4) is 0 Å². The lowest BCUT2D eigenvalue weighted by molar-refractivity contribution is -0.119. The van der Waals surface area contributed by atoms with Crippen molar-refractivity contribution in [3.05, 3.63) is 24.3 Å². The van der Waals surface area contributed by atoms with Crippen LogP contribution in [-0.4, -0.2) is 25.7 Å². The molecule has 0 bridgehead atoms. The number of hydrogen-bond acceptors (Lipinski definition) is 3. The molecule has 0 saturated heterocycles. The van der Waals surface area contributed by atoms with Crippen molar-refractivity contribution in [1.29, 1.82) is 0 Å². The van der Waals surface area contributed by atoms with Gasteiger partial charge in [-0.05, 0) is 52.9 Å². The fourth-order valence-corrected chi connectivity index (χ4v) is 0.697. The Morgan fingerprint density at radius 1 is 0.808 bits per heavy atom. The van der Waals surface area contributed by atoms with Gasteiger partial charge in [0, 0.05) is 12.2 Å². The predicted molar refractivity (Wildman–Crippen MR) is 119 cm³/mol. The maximum absolute atomic E-state index is 10.3. The maximum Gasteiger partial charge on any atom is 0.149 e. The number of ketones is 1. The third-order valence-electron chi connectivity index (χ3n) is 3.41. The van der Waals surface area contributed by atoms with Crippen molar-refractivity contribution >= 4 is 15.6 Å². The molecule has 0 aliphatic carbocycles. The van der Waals surface area contributed by atoms with Crippen molar-refractivity contribution in [2.45, 2.75) is 87.8 Å². The average molecular weight is 391 g/mol. The summed E-state index contributed by atoms with van der Waals surface area (Å²) in [5, 5.41) is -0.229. The molecule has 0 rings (SSSR count). The van der Waals surface area contributed by atoms with Crippen LogP contribution in [0.5, 0.6) is 0 Å². The highest BCUT2D eigenvalue weighted by atomic mass is 32.2. The first-order valence-electron chi connectivity index (χ1n) is 9.35. The van der Waals surface area contributed by atoms with E-state index >= 15 is 0 Å². The van der Waals surface area contributed by atoms with Gasteiger partial charge in [0.1, 0.15) is 15.6 Å². The highest BCUT2D eigenvalue weighted by Gasteiger charge is 2.05. The Balaban J connectivity index is -0.000000124. The molecule has 0 heterocycles. The molecular formula is C22H46O3S. The third kappa shape index (κ3) is 38.6. The zero-order valence-electron chi connectivity index (χ0n) is 19.6. The van der Waals surface area contributed by atoms with E-state index < -0.39 is 9.84 Å². The first-order chi connectivity index (χ1) is 11.4. The number of carbonyl (C=O) groups is 1. The van der Waals surface area contributed by atoms with Gasteiger partial charge in [-0.1, -0.05) is 59.3 Å². The van der Waals surface area contributed by atoms with Crippen LogP contribution in [0.4, 0.5) is 0 Å². The molecule has 0 spiro atoms. The van der Waals surface area contributed by atoms with E-state index in [2.05, 4.69) is 47.8 Å². The number of Topliss-reactive ketones (excluding diaryl/α,β-unsaturated/α-hetero) is 1. The monoisotopic (exact) mass is 390 g/mol. The molecule has 0 aliphatic rings. The Kier molecular flexibility index (Phi) is 22.1. The van der Waals surface area contributed by atoms with Gasteiger partial charge in [0.2, 0.25) is 0 Å². The van der Waals surface area contributed by atoms with Gasteiger partial charge in [0.25, 0.3) is 0 Å². The Morgan fingerprint density at radius 2 is 1.04 bits per heavy atom. The van der Waals surface area contributed by atoms with Crippen LogP contribution in [-0.2, 0) is 14.6 Å². The fourth-order valence-electron chi connectivity index (χ4n) is 0.697. The van der Waals surface area contributed by atoms with E-state index in [0.29, 0.717) is 5.92 Å². The minimum absolute atomic E-state index is 0.213. The van der Waals surface area contributed by atoms with Crippen LogP contribution in [0.2, 0.25) is 0 Å². The van der Waals surface area contributed by atoms with Gasteiger partial charge in [-0.15, -0.1) is 6.58 Å². The van der Waals surface area contributed by atoms with Crippen LogP contribution >= 0.6 is 0 Å². The van der Waals surface area contributed by atoms with Crippen LogP contribution < -0.4 is 0 Å². The minimum Gasteiger partial charge on any atom is -0.300 e. The van der Waals surface area contributed by atoms with Crippen molar-refractivity contribution in [1.82, 2.24) is 0 Å². The number of allylic oxidation sites excluding steroid dienone is 2. The van der Waals surface area contributed by atoms with Gasteiger partial charge in [0.15, 0.2) is 0 Å². The molecule has 0 unspecified atom stereocenters. The lowest BCUT2D eigenvalue weighted by Crippen LogP contribution is -2.10. The van der Waals surface area contributed by atoms with Gasteiger partial charge in [-0.3, -0.25) is 4.79 Å². The number of rotatable bonds is 5. The van der Waals surface area contributed by atoms with Gasteiger partial charge < -0.3 is 0 Å². The summed E-state index contributed by atoms with van der Waals surface area (Å²) in [5.74, 6) is 1.91. The predicted octanol–water partition coefficient (Wildman–Crippen LogP) is 6.50. The summed E-state index contributed by atoms with van der Waals surface area (Å²) in [4.78, 5) is 10.1. The van der Waals surface area contributed by atoms with Crippen molar-refractivity contribution in [3.63, 3.8) is 0 Å². The SMILES string of the molecule is C=C(C)C(C)C.C=C(C)CC(C)C.CC(=O)C(C)C.CC(C)S(C)(=O)=O. The molecule has 0 aromatic carbocycles. The molecule has 0 N–H and O–H groups in total. The zero-order chi connectivity index (χ0) is 22.2. The Labute approximate surface area is 165 Å². The summed E-state index contributed by atoms with van der Waals surface area (Å²) in [6, 6.07) is 0. The van der Waals surface area contributed by atoms with E-state index in [-0.39, 0.29) is 17.0 Å². The van der Waals surface area contributed by atoms with E-state index in [1.165, 1.54) is 23.8 Å². The second-order valence-corrected chi connectivity index (χ2v) is 10.8. The molecule has 0 aromatic heterocycles. The molecule has 0 aromatic rings. The Morgan fingerprint density at radius 3 is 1.04 bits per heavy atom. The molecule has 158 valence electrons. The quantitative estimate of drug-likeness (QED) is 0.503. The molecule has 26 heavy (non-hydrogen) atoms. The van der Waals surface area contributed by atoms with Crippen LogP contribution in [0.15, 0.2) is 24.3 Å². The number of sulfone groups is 1. The first-order valence-corrected chi connectivity index (χ1v) is 11.3. The Hall–Kier alpha value is -0.900. The van der Waals surface area contributed by atoms with Crippen LogP contribution in [0.25, 0.3) is 0 Å². The number of hydrogen-bond donors (Lipinski definition) is 0. The molecule has 0 fully saturated rings. The van der Waals surface area contributed by atoms with Crippen molar-refractivity contribution in [2.24, 2.45) is 17.8 Å². The second-order valence-electron chi connectivity index (χ2n) is 8.20. The molecule has 0 atom stereocenters. The van der Waals surface area contributed by atoms with Gasteiger partial charge in [-0.25, -0.2) is 8.42 Å². The standard InChI is InChI=1S/C7H14.C6H12.C5H10O.C4H10O2S/c1-6(2)5-7(3)4;1-5(2)6(3)4;1-4(2)5(3)6;1-4(2)7(3,5)6/h7H,1,5H2,2-4H3;6H,1H2,2-4H3;4H,1-3H3;4H,1-3H3. The van der Waals surface area contributed by atoms with Crippen molar-refractivity contribution in [2.75, 3.05) is 6.26 Å². The van der Waals surface area contributed by atoms with E-state index in [1.54, 1.807) is 20.8 Å². The lowest BCUT2D eigenvalue weighted by atomic mass is 10.1. The van der Waals surface area contributed by atoms with Crippen LogP contribution in [0.1, 0.15) is 82.6 Å². The molecule has 0 aliphatic heterocycles. The van der Waals surface area contributed by atoms with Crippen molar-refractivity contribution < 1.29 is 13.2 Å². The fraction of sp³-hybridized carbons (Fsp3) is 0.773. The summed E-state index contributed by atoms with van der Waals surface area (Å²) < 4.78 is 20.7. The molecular weight excluding hydrogens is 344 g/mol. The highest BCUT2D eigenvalue weighted by molar-refractivity contribution is 7.91. The van der Waals surface area contributed by atoms with E-state index in [1.807, 2.05) is 20.8 Å². The first kappa shape index (κ1) is 32.7. The normalized spacial score (nSPS) is 10.3. The summed E-state index contributed by atoms with van der Waals surface area (Å²) in [5.41, 5.74) is 2.55. The van der Waals surface area contributed by atoms with E-state index in [0.717, 1.165) is 5.92 Å². The maximum atomic E-state index is 10.3. The van der Waals surface area contributed by atoms with Crippen LogP contribution in [0, 0.1) is 17.8 Å². The zero-order valence-corrected chi connectivity index (χ0v) is 20.4. The largest absolute Gasteiger partial charge is 0.300 e. The molecule has 4 heteroatoms. The van der Waals surface area contributed by atoms with Crippen LogP contribution in [0.3, 0.4) is 0 Å². The van der Waals surface area contributed by atoms with E-state index in [9.17, 15) is 13.2 Å². The molecule has 0 saturated carbocycles. The topological polar surface area (TPSA) is 51.2 Å². The summed E-state index contributed by atoms with van der Waals surface area (Å²) in [6.07, 6.45) is 2.40. The summed E-state index contributed by atoms with van der Waals surface area (Å²) >= 11 is 0. The van der Waals surface area contributed by atoms with Gasteiger partial charge >= 0.3 is 0 Å². The second kappa shape index (κ2) is 17.5. The molecule has 0 amide bonds. The lowest BCUT2D eigenvalue weighted by Gasteiger charge is -1.99. The average Bonchev–Trinajstić information content (AvgIpc) is 2.37. The Bertz CT molecular complexity index is 464. The number of carbonyl (C=O) groups excluding carboxylic acids is 1.